The van der Waals surface area contributed by atoms with Crippen molar-refractivity contribution in [2.45, 2.75) is 37.8 Å². The van der Waals surface area contributed by atoms with Crippen LogP contribution in [0.1, 0.15) is 46.9 Å². The first-order valence-corrected chi connectivity index (χ1v) is 16.4. The molecule has 15 nitrogen and oxygen atoms in total. The zero-order valence-electron chi connectivity index (χ0n) is 23.8. The van der Waals surface area contributed by atoms with Crippen LogP contribution in [0.5, 0.6) is 0 Å². The van der Waals surface area contributed by atoms with E-state index in [1.807, 2.05) is 0 Å². The van der Waals surface area contributed by atoms with Crippen molar-refractivity contribution >= 4 is 57.8 Å². The van der Waals surface area contributed by atoms with Crippen LogP contribution in [0.15, 0.2) is 42.5 Å². The molecule has 3 rings (SSSR count). The van der Waals surface area contributed by atoms with E-state index in [0.29, 0.717) is 29.9 Å². The van der Waals surface area contributed by atoms with Crippen LogP contribution in [-0.2, 0) is 75.5 Å². The van der Waals surface area contributed by atoms with Crippen molar-refractivity contribution in [1.29, 1.82) is 0 Å². The van der Waals surface area contributed by atoms with E-state index in [4.69, 9.17) is 9.24 Å². The van der Waals surface area contributed by atoms with E-state index in [-0.39, 0.29) is 24.4 Å². The molecule has 0 fully saturated rings. The molecule has 1 aliphatic heterocycles. The van der Waals surface area contributed by atoms with Crippen LogP contribution >= 0.6 is 0 Å². The van der Waals surface area contributed by atoms with Gasteiger partial charge in [-0.15, -0.1) is 5.75 Å². The van der Waals surface area contributed by atoms with Gasteiger partial charge in [-0.25, -0.2) is 8.42 Å². The maximum absolute atomic E-state index is 12.9. The van der Waals surface area contributed by atoms with Gasteiger partial charge in [-0.2, -0.15) is 0 Å². The van der Waals surface area contributed by atoms with Crippen LogP contribution in [0.4, 0.5) is 0 Å². The number of hydrogen-bond acceptors (Lipinski definition) is 11. The Morgan fingerprint density at radius 1 is 0.933 bits per heavy atom. The summed E-state index contributed by atoms with van der Waals surface area (Å²) in [6.07, 6.45) is 0.242. The summed E-state index contributed by atoms with van der Waals surface area (Å²) in [7, 11) is -4.05. The SMILES string of the molecule is NC(CCCS(=O)(=O)NC(=O)C1CCn2c(C(=O)c3ccccc3)ccc21)C(=O)C[N-]C(=O)C[N-]C(=O)C[N-]C(=O)C[S-].[O]=[Tc+4]. The Hall–Kier alpha value is -3.57. The summed E-state index contributed by atoms with van der Waals surface area (Å²) in [5.74, 6) is -5.36. The monoisotopic (exact) mass is 743 g/mol. The molecule has 0 aliphatic carbocycles. The maximum atomic E-state index is 12.9. The van der Waals surface area contributed by atoms with Crippen molar-refractivity contribution < 1.29 is 59.5 Å². The Labute approximate surface area is 275 Å². The number of ketones is 2. The van der Waals surface area contributed by atoms with Gasteiger partial charge in [0.1, 0.15) is 5.78 Å². The van der Waals surface area contributed by atoms with Gasteiger partial charge in [-0.05, 0) is 31.4 Å². The Kier molecular flexibility index (Phi) is 15.4. The molecular formula is C27H30N6O9S2Tc. The van der Waals surface area contributed by atoms with Crippen LogP contribution < -0.4 is 10.5 Å². The van der Waals surface area contributed by atoms with Crippen LogP contribution in [0.2, 0.25) is 0 Å². The molecular weight excluding hydrogens is 714 g/mol. The number of benzene rings is 1. The minimum absolute atomic E-state index is 0.0451. The molecule has 1 aromatic heterocycles. The number of Topliss-reactive ketones (excluding diaryl/α,β-unsaturated/α-hetero) is 1. The van der Waals surface area contributed by atoms with Crippen molar-refractivity contribution in [2.24, 2.45) is 5.73 Å². The van der Waals surface area contributed by atoms with Crippen molar-refractivity contribution in [3.63, 3.8) is 0 Å². The van der Waals surface area contributed by atoms with Gasteiger partial charge in [0.25, 0.3) is 0 Å². The molecule has 4 amide bonds. The number of amides is 4. The quantitative estimate of drug-likeness (QED) is 0.177. The predicted octanol–water partition coefficient (Wildman–Crippen LogP) is 0.456. The number of sulfonamides is 1. The van der Waals surface area contributed by atoms with E-state index in [1.54, 1.807) is 47.0 Å². The molecule has 3 N–H and O–H groups in total. The number of nitrogens with zero attached hydrogens (tertiary/aromatic N) is 4. The third-order valence-corrected chi connectivity index (χ3v) is 8.10. The second kappa shape index (κ2) is 18.4. The molecule has 1 aromatic carbocycles. The van der Waals surface area contributed by atoms with E-state index in [2.05, 4.69) is 33.3 Å². The third kappa shape index (κ3) is 11.7. The first-order chi connectivity index (χ1) is 21.4. The molecule has 241 valence electrons. The standard InChI is InChI=1S/C27H34N6O8S2.O.Tc/c28-19(22(34)13-29-23(35)14-30-24(36)15-31-25(37)16-42)7-4-12-43(40,41)32-27(39)18-10-11-33-20(18)8-9-21(33)26(38)17-5-2-1-3-6-17;;/h1-3,5-6,8-9,18-19H,4,7,10-16,28H2,(H5,29,30,31,32,35,36,37,39,42);;/q;;+4/p-4. The van der Waals surface area contributed by atoms with E-state index in [1.165, 1.54) is 0 Å². The number of rotatable bonds is 16. The molecule has 2 heterocycles. The second-order valence-corrected chi connectivity index (χ2v) is 11.7. The predicted molar refractivity (Wildman–Crippen MR) is 158 cm³/mol. The average Bonchev–Trinajstić information content (AvgIpc) is 3.64. The fourth-order valence-electron chi connectivity index (χ4n) is 4.31. The van der Waals surface area contributed by atoms with Gasteiger partial charge in [0.2, 0.25) is 21.7 Å². The number of nitrogens with one attached hydrogen (secondary N) is 1. The fraction of sp³-hybridized carbons (Fsp3) is 0.407. The summed E-state index contributed by atoms with van der Waals surface area (Å²) in [5.41, 5.74) is 7.27. The molecule has 2 atom stereocenters. The van der Waals surface area contributed by atoms with Crippen LogP contribution in [0, 0.1) is 0 Å². The molecule has 45 heavy (non-hydrogen) atoms. The van der Waals surface area contributed by atoms with Crippen LogP contribution in [0.3, 0.4) is 0 Å². The summed E-state index contributed by atoms with van der Waals surface area (Å²) in [4.78, 5) is 72.1. The van der Waals surface area contributed by atoms with Crippen LogP contribution in [0.25, 0.3) is 16.0 Å². The second-order valence-electron chi connectivity index (χ2n) is 9.61. The molecule has 0 saturated heterocycles. The fourth-order valence-corrected chi connectivity index (χ4v) is 5.50. The Balaban J connectivity index is 0.00000345. The van der Waals surface area contributed by atoms with Crippen molar-refractivity contribution in [1.82, 2.24) is 9.29 Å². The van der Waals surface area contributed by atoms with Gasteiger partial charge in [0, 0.05) is 35.5 Å². The summed E-state index contributed by atoms with van der Waals surface area (Å²) in [6.45, 7) is -1.37. The molecule has 0 radical (unpaired) electrons. The Morgan fingerprint density at radius 3 is 2.16 bits per heavy atom. The number of aromatic nitrogens is 1. The minimum atomic E-state index is -4.05. The van der Waals surface area contributed by atoms with Crippen LogP contribution in [-0.4, -0.2) is 85.4 Å². The van der Waals surface area contributed by atoms with Crippen molar-refractivity contribution in [2.75, 3.05) is 31.1 Å². The average molecular weight is 745 g/mol. The molecule has 0 spiro atoms. The van der Waals surface area contributed by atoms with Gasteiger partial charge in [-0.1, -0.05) is 50.0 Å². The number of carbonyl (C=O) groups is 6. The zero-order valence-corrected chi connectivity index (χ0v) is 27.3. The van der Waals surface area contributed by atoms with E-state index in [9.17, 15) is 37.2 Å². The topological polar surface area (TPSA) is 239 Å². The van der Waals surface area contributed by atoms with Gasteiger partial charge in [-0.3, -0.25) is 19.1 Å². The number of hydrogen-bond donors (Lipinski definition) is 2. The van der Waals surface area contributed by atoms with E-state index in [0.717, 1.165) is 18.9 Å². The van der Waals surface area contributed by atoms with Gasteiger partial charge >= 0.3 is 22.4 Å². The molecule has 2 aromatic rings. The first-order valence-electron chi connectivity index (χ1n) is 13.4. The number of nitrogens with two attached hydrogens (primary N) is 1. The summed E-state index contributed by atoms with van der Waals surface area (Å²) in [5, 5.41) is 10.2. The molecule has 0 bridgehead atoms. The Bertz CT molecular complexity index is 1500. The van der Waals surface area contributed by atoms with Gasteiger partial charge in [0.15, 0.2) is 0 Å². The van der Waals surface area contributed by atoms with Crippen molar-refractivity contribution in [3.8, 4) is 0 Å². The van der Waals surface area contributed by atoms with E-state index >= 15 is 0 Å². The Morgan fingerprint density at radius 2 is 1.53 bits per heavy atom. The summed E-state index contributed by atoms with van der Waals surface area (Å²) in [6, 6.07) is 10.8. The molecule has 18 heteroatoms. The summed E-state index contributed by atoms with van der Waals surface area (Å²) < 4.78 is 37.1. The molecule has 2 unspecified atom stereocenters. The first kappa shape index (κ1) is 37.6. The van der Waals surface area contributed by atoms with Crippen molar-refractivity contribution in [3.05, 3.63) is 75.4 Å². The zero-order chi connectivity index (χ0) is 33.6. The molecule has 0 saturated carbocycles. The molecule has 1 aliphatic rings. The van der Waals surface area contributed by atoms with Gasteiger partial charge in [0.05, 0.1) is 23.4 Å². The van der Waals surface area contributed by atoms with Gasteiger partial charge < -0.3 is 53.3 Å². The number of carbonyl (C=O) groups excluding carboxylic acids is 6. The summed E-state index contributed by atoms with van der Waals surface area (Å²) >= 11 is 5.37. The third-order valence-electron chi connectivity index (χ3n) is 6.51. The number of fused-ring (bicyclic) bond motifs is 1. The normalized spacial score (nSPS) is 14.2. The van der Waals surface area contributed by atoms with E-state index < -0.39 is 76.8 Å².